The molecule has 4 atom stereocenters. The quantitative estimate of drug-likeness (QED) is 0.406. The van der Waals surface area contributed by atoms with Crippen LogP contribution in [0.15, 0.2) is 29.5 Å². The third-order valence-corrected chi connectivity index (χ3v) is 5.47. The number of hydrogen-bond acceptors (Lipinski definition) is 1. The van der Waals surface area contributed by atoms with Crippen LogP contribution < -0.4 is 5.32 Å². The van der Waals surface area contributed by atoms with Gasteiger partial charge in [-0.25, -0.2) is 0 Å². The van der Waals surface area contributed by atoms with E-state index < -0.39 is 0 Å². The Morgan fingerprint density at radius 1 is 1.40 bits per heavy atom. The van der Waals surface area contributed by atoms with Gasteiger partial charge in [0, 0.05) is 11.6 Å². The molecule has 0 saturated carbocycles. The maximum Gasteiger partial charge on any atom is 0.0341 e. The van der Waals surface area contributed by atoms with Crippen molar-refractivity contribution >= 4 is 0 Å². The minimum Gasteiger partial charge on any atom is -0.305 e. The van der Waals surface area contributed by atoms with Gasteiger partial charge in [-0.2, -0.15) is 0 Å². The predicted molar refractivity (Wildman–Crippen MR) is 89.8 cm³/mol. The van der Waals surface area contributed by atoms with Gasteiger partial charge in [-0.05, 0) is 63.0 Å². The Hall–Kier alpha value is -0.780. The maximum atomic E-state index is 4.28. The molecule has 0 bridgehead atoms. The van der Waals surface area contributed by atoms with Crippen LogP contribution in [-0.4, -0.2) is 11.6 Å². The summed E-state index contributed by atoms with van der Waals surface area (Å²) in [7, 11) is 0. The van der Waals surface area contributed by atoms with Gasteiger partial charge < -0.3 is 5.32 Å². The first-order valence-electron chi connectivity index (χ1n) is 7.90. The molecule has 1 heterocycles. The summed E-state index contributed by atoms with van der Waals surface area (Å²) < 4.78 is 0. The number of hydrogen-bond donors (Lipinski definition) is 1. The molecule has 4 unspecified atom stereocenters. The molecule has 20 heavy (non-hydrogen) atoms. The third kappa shape index (κ3) is 3.45. The smallest absolute Gasteiger partial charge is 0.0341 e. The Bertz CT molecular complexity index is 439. The van der Waals surface area contributed by atoms with E-state index in [4.69, 9.17) is 0 Å². The van der Waals surface area contributed by atoms with Crippen LogP contribution in [0, 0.1) is 17.3 Å². The molecule has 1 aliphatic heterocycles. The van der Waals surface area contributed by atoms with Crippen molar-refractivity contribution in [2.45, 2.75) is 73.4 Å². The van der Waals surface area contributed by atoms with Gasteiger partial charge in [0.05, 0.1) is 0 Å². The van der Waals surface area contributed by atoms with E-state index in [-0.39, 0.29) is 11.0 Å². The lowest BCUT2D eigenvalue weighted by Gasteiger charge is -2.40. The minimum atomic E-state index is 0.119. The van der Waals surface area contributed by atoms with Crippen molar-refractivity contribution in [2.75, 3.05) is 0 Å². The number of nitrogens with one attached hydrogen (secondary N) is 1. The van der Waals surface area contributed by atoms with Crippen LogP contribution in [0.25, 0.3) is 0 Å². The molecule has 1 rings (SSSR count). The van der Waals surface area contributed by atoms with Crippen LogP contribution in [0.4, 0.5) is 0 Å². The third-order valence-electron chi connectivity index (χ3n) is 5.47. The molecule has 0 aromatic heterocycles. The fourth-order valence-corrected chi connectivity index (χ4v) is 3.17. The van der Waals surface area contributed by atoms with Gasteiger partial charge in [0.15, 0.2) is 0 Å². The molecule has 0 radical (unpaired) electrons. The topological polar surface area (TPSA) is 21.9 Å². The van der Waals surface area contributed by atoms with Crippen molar-refractivity contribution in [2.24, 2.45) is 17.3 Å². The SMILES string of the molecule is C=C(C)C(C)(CC(C)=C=CC(C)C)C(C)C1(C)NC1C. The Morgan fingerprint density at radius 3 is 2.25 bits per heavy atom. The fourth-order valence-electron chi connectivity index (χ4n) is 3.17. The lowest BCUT2D eigenvalue weighted by Crippen LogP contribution is -2.38. The molecule has 1 aliphatic rings. The minimum absolute atomic E-state index is 0.119. The van der Waals surface area contributed by atoms with Crippen molar-refractivity contribution in [3.63, 3.8) is 0 Å². The van der Waals surface area contributed by atoms with Gasteiger partial charge >= 0.3 is 0 Å². The lowest BCUT2D eigenvalue weighted by atomic mass is 9.64. The Morgan fingerprint density at radius 2 is 1.90 bits per heavy atom. The molecular formula is C19H33N. The number of rotatable bonds is 6. The highest BCUT2D eigenvalue weighted by Gasteiger charge is 2.55. The summed E-state index contributed by atoms with van der Waals surface area (Å²) in [4.78, 5) is 0. The molecule has 0 aliphatic carbocycles. The highest BCUT2D eigenvalue weighted by atomic mass is 15.2. The number of allylic oxidation sites excluding steroid dienone is 2. The zero-order chi connectivity index (χ0) is 15.7. The second-order valence-corrected chi connectivity index (χ2v) is 7.58. The summed E-state index contributed by atoms with van der Waals surface area (Å²) in [5.74, 6) is 1.11. The normalized spacial score (nSPS) is 29.4. The van der Waals surface area contributed by atoms with E-state index in [2.05, 4.69) is 79.1 Å². The molecule has 1 nitrogen and oxygen atoms in total. The van der Waals surface area contributed by atoms with Crippen molar-refractivity contribution in [1.29, 1.82) is 0 Å². The van der Waals surface area contributed by atoms with Crippen LogP contribution in [0.5, 0.6) is 0 Å². The molecule has 1 N–H and O–H groups in total. The van der Waals surface area contributed by atoms with Crippen LogP contribution in [0.3, 0.4) is 0 Å². The Balaban J connectivity index is 2.99. The first kappa shape index (κ1) is 17.3. The molecular weight excluding hydrogens is 242 g/mol. The molecule has 0 amide bonds. The van der Waals surface area contributed by atoms with E-state index in [0.29, 0.717) is 17.9 Å². The van der Waals surface area contributed by atoms with E-state index in [1.807, 2.05) is 0 Å². The van der Waals surface area contributed by atoms with Gasteiger partial charge in [-0.15, -0.1) is 5.73 Å². The van der Waals surface area contributed by atoms with Crippen molar-refractivity contribution < 1.29 is 0 Å². The van der Waals surface area contributed by atoms with Crippen LogP contribution in [0.1, 0.15) is 61.8 Å². The summed E-state index contributed by atoms with van der Waals surface area (Å²) in [5, 5.41) is 3.61. The summed E-state index contributed by atoms with van der Waals surface area (Å²) in [6, 6.07) is 0.603. The average Bonchev–Trinajstić information content (AvgIpc) is 2.94. The summed E-state index contributed by atoms with van der Waals surface area (Å²) in [5.41, 5.74) is 6.43. The van der Waals surface area contributed by atoms with Crippen molar-refractivity contribution in [3.8, 4) is 0 Å². The van der Waals surface area contributed by atoms with E-state index in [1.54, 1.807) is 0 Å². The van der Waals surface area contributed by atoms with E-state index in [0.717, 1.165) is 6.42 Å². The summed E-state index contributed by atoms with van der Waals surface area (Å²) >= 11 is 0. The van der Waals surface area contributed by atoms with E-state index in [1.165, 1.54) is 11.1 Å². The Labute approximate surface area is 126 Å². The monoisotopic (exact) mass is 275 g/mol. The van der Waals surface area contributed by atoms with Gasteiger partial charge in [0.1, 0.15) is 0 Å². The molecule has 0 aromatic carbocycles. The highest BCUT2D eigenvalue weighted by molar-refractivity contribution is 5.23. The standard InChI is InChI=1S/C19H33N/c1-13(2)10-11-15(5)12-18(8,14(3)4)16(6)19(9)17(7)20-19/h10,13,16-17,20H,3,12H2,1-2,4-9H3. The molecule has 1 heteroatoms. The van der Waals surface area contributed by atoms with Crippen LogP contribution in [0.2, 0.25) is 0 Å². The fraction of sp³-hybridized carbons (Fsp3) is 0.737. The second-order valence-electron chi connectivity index (χ2n) is 7.58. The molecule has 0 spiro atoms. The van der Waals surface area contributed by atoms with Gasteiger partial charge in [-0.3, -0.25) is 0 Å². The average molecular weight is 275 g/mol. The Kier molecular flexibility index (Phi) is 5.11. The molecule has 1 fully saturated rings. The zero-order valence-electron chi connectivity index (χ0n) is 14.7. The first-order chi connectivity index (χ1) is 9.04. The van der Waals surface area contributed by atoms with Gasteiger partial charge in [0.2, 0.25) is 0 Å². The molecule has 1 saturated heterocycles. The van der Waals surface area contributed by atoms with Crippen LogP contribution in [-0.2, 0) is 0 Å². The second kappa shape index (κ2) is 5.92. The van der Waals surface area contributed by atoms with Crippen molar-refractivity contribution in [1.82, 2.24) is 5.32 Å². The lowest BCUT2D eigenvalue weighted by molar-refractivity contribution is 0.204. The van der Waals surface area contributed by atoms with Crippen molar-refractivity contribution in [3.05, 3.63) is 29.5 Å². The van der Waals surface area contributed by atoms with Gasteiger partial charge in [-0.1, -0.05) is 39.8 Å². The first-order valence-corrected chi connectivity index (χ1v) is 7.90. The summed E-state index contributed by atoms with van der Waals surface area (Å²) in [6.45, 7) is 22.4. The van der Waals surface area contributed by atoms with E-state index >= 15 is 0 Å². The maximum absolute atomic E-state index is 4.28. The zero-order valence-corrected chi connectivity index (χ0v) is 14.7. The molecule has 0 aromatic rings. The largest absolute Gasteiger partial charge is 0.305 e. The van der Waals surface area contributed by atoms with Crippen LogP contribution >= 0.6 is 0 Å². The summed E-state index contributed by atoms with van der Waals surface area (Å²) in [6.07, 6.45) is 3.20. The highest BCUT2D eigenvalue weighted by Crippen LogP contribution is 2.49. The van der Waals surface area contributed by atoms with Gasteiger partial charge in [0.25, 0.3) is 0 Å². The predicted octanol–water partition coefficient (Wildman–Crippen LogP) is 5.10. The van der Waals surface area contributed by atoms with E-state index in [9.17, 15) is 0 Å². The molecule has 114 valence electrons.